The Kier molecular flexibility index (Phi) is 3.53. The molecule has 7 heteroatoms. The van der Waals surface area contributed by atoms with Crippen LogP contribution in [0, 0.1) is 0 Å². The first-order chi connectivity index (χ1) is 11.7. The third-order valence-corrected chi connectivity index (χ3v) is 3.74. The number of benzene rings is 1. The van der Waals surface area contributed by atoms with Crippen LogP contribution in [0.4, 0.5) is 0 Å². The SMILES string of the molecule is CC1Cc2ccc(-c3cc(COC(=O)c4ccno4)no3)cc2O1. The number of rotatable bonds is 4. The monoisotopic (exact) mass is 326 g/mol. The van der Waals surface area contributed by atoms with E-state index in [9.17, 15) is 4.79 Å². The molecular formula is C17H14N2O5. The largest absolute Gasteiger partial charge is 0.490 e. The number of fused-ring (bicyclic) bond motifs is 1. The van der Waals surface area contributed by atoms with Gasteiger partial charge >= 0.3 is 5.97 Å². The molecule has 2 aromatic heterocycles. The maximum absolute atomic E-state index is 11.7. The standard InChI is InChI=1S/C17H14N2O5/c1-10-6-11-2-3-12(7-15(11)22-10)16-8-13(19-24-16)9-21-17(20)14-4-5-18-23-14/h2-5,7-8,10H,6,9H2,1H3. The average Bonchev–Trinajstić information content (AvgIpc) is 3.31. The highest BCUT2D eigenvalue weighted by Gasteiger charge is 2.20. The van der Waals surface area contributed by atoms with Crippen molar-refractivity contribution in [2.75, 3.05) is 0 Å². The van der Waals surface area contributed by atoms with Crippen LogP contribution < -0.4 is 4.74 Å². The molecule has 0 amide bonds. The first kappa shape index (κ1) is 14.5. The summed E-state index contributed by atoms with van der Waals surface area (Å²) in [5.74, 6) is 0.905. The van der Waals surface area contributed by atoms with Gasteiger partial charge in [-0.25, -0.2) is 4.79 Å². The number of aromatic nitrogens is 2. The molecule has 4 rings (SSSR count). The van der Waals surface area contributed by atoms with E-state index in [1.807, 2.05) is 25.1 Å². The van der Waals surface area contributed by atoms with E-state index in [1.165, 1.54) is 17.8 Å². The predicted molar refractivity (Wildman–Crippen MR) is 81.4 cm³/mol. The van der Waals surface area contributed by atoms with Crippen molar-refractivity contribution in [1.82, 2.24) is 10.3 Å². The van der Waals surface area contributed by atoms with Crippen LogP contribution in [0.15, 0.2) is 45.6 Å². The van der Waals surface area contributed by atoms with Crippen molar-refractivity contribution in [3.63, 3.8) is 0 Å². The molecule has 0 radical (unpaired) electrons. The van der Waals surface area contributed by atoms with E-state index in [2.05, 4.69) is 10.3 Å². The Labute approximate surface area is 137 Å². The fourth-order valence-corrected chi connectivity index (χ4v) is 2.60. The van der Waals surface area contributed by atoms with Crippen LogP contribution in [-0.4, -0.2) is 22.4 Å². The number of hydrogen-bond donors (Lipinski definition) is 0. The van der Waals surface area contributed by atoms with Gasteiger partial charge in [0.25, 0.3) is 0 Å². The molecule has 0 saturated heterocycles. The van der Waals surface area contributed by atoms with Crippen molar-refractivity contribution >= 4 is 5.97 Å². The van der Waals surface area contributed by atoms with Gasteiger partial charge in [-0.15, -0.1) is 0 Å². The lowest BCUT2D eigenvalue weighted by molar-refractivity contribution is 0.0417. The second-order valence-corrected chi connectivity index (χ2v) is 5.59. The Morgan fingerprint density at radius 2 is 2.21 bits per heavy atom. The molecule has 1 aliphatic rings. The molecule has 3 aromatic rings. The van der Waals surface area contributed by atoms with Crippen molar-refractivity contribution in [3.05, 3.63) is 53.5 Å². The molecule has 1 unspecified atom stereocenters. The minimum absolute atomic E-state index is 0.0124. The minimum Gasteiger partial charge on any atom is -0.490 e. The fourth-order valence-electron chi connectivity index (χ4n) is 2.60. The van der Waals surface area contributed by atoms with E-state index < -0.39 is 5.97 Å². The summed E-state index contributed by atoms with van der Waals surface area (Å²) in [7, 11) is 0. The number of hydrogen-bond acceptors (Lipinski definition) is 7. The third kappa shape index (κ3) is 2.76. The first-order valence-electron chi connectivity index (χ1n) is 7.52. The van der Waals surface area contributed by atoms with Crippen LogP contribution in [0.3, 0.4) is 0 Å². The molecule has 0 N–H and O–H groups in total. The number of nitrogens with zero attached hydrogens (tertiary/aromatic N) is 2. The average molecular weight is 326 g/mol. The van der Waals surface area contributed by atoms with Gasteiger partial charge in [0.15, 0.2) is 5.76 Å². The summed E-state index contributed by atoms with van der Waals surface area (Å²) in [5.41, 5.74) is 2.56. The zero-order chi connectivity index (χ0) is 16.5. The molecule has 1 aromatic carbocycles. The maximum Gasteiger partial charge on any atom is 0.377 e. The Bertz CT molecular complexity index is 869. The van der Waals surface area contributed by atoms with Crippen molar-refractivity contribution in [2.45, 2.75) is 26.1 Å². The smallest absolute Gasteiger partial charge is 0.377 e. The molecule has 0 bridgehead atoms. The van der Waals surface area contributed by atoms with Gasteiger partial charge in [-0.1, -0.05) is 22.4 Å². The molecule has 7 nitrogen and oxygen atoms in total. The molecule has 0 spiro atoms. The molecule has 1 aliphatic heterocycles. The Hall–Kier alpha value is -3.09. The number of esters is 1. The quantitative estimate of drug-likeness (QED) is 0.681. The second-order valence-electron chi connectivity index (χ2n) is 5.59. The van der Waals surface area contributed by atoms with Crippen LogP contribution in [0.1, 0.15) is 28.7 Å². The van der Waals surface area contributed by atoms with Crippen molar-refractivity contribution in [1.29, 1.82) is 0 Å². The molecule has 0 saturated carbocycles. The van der Waals surface area contributed by atoms with Gasteiger partial charge in [0.2, 0.25) is 5.76 Å². The lowest BCUT2D eigenvalue weighted by Crippen LogP contribution is -2.05. The minimum atomic E-state index is -0.600. The molecular weight excluding hydrogens is 312 g/mol. The van der Waals surface area contributed by atoms with E-state index in [0.717, 1.165) is 17.7 Å². The lowest BCUT2D eigenvalue weighted by Gasteiger charge is -2.03. The summed E-state index contributed by atoms with van der Waals surface area (Å²) in [6.07, 6.45) is 2.48. The second kappa shape index (κ2) is 5.84. The number of carbonyl (C=O) groups is 1. The fraction of sp³-hybridized carbons (Fsp3) is 0.235. The molecule has 0 fully saturated rings. The van der Waals surface area contributed by atoms with Gasteiger partial charge < -0.3 is 18.5 Å². The number of ether oxygens (including phenoxy) is 2. The summed E-state index contributed by atoms with van der Waals surface area (Å²) < 4.78 is 20.9. The molecule has 122 valence electrons. The Morgan fingerprint density at radius 3 is 3.04 bits per heavy atom. The van der Waals surface area contributed by atoms with E-state index in [1.54, 1.807) is 6.07 Å². The summed E-state index contributed by atoms with van der Waals surface area (Å²) >= 11 is 0. The number of carbonyl (C=O) groups excluding carboxylic acids is 1. The van der Waals surface area contributed by atoms with Crippen molar-refractivity contribution in [2.24, 2.45) is 0 Å². The van der Waals surface area contributed by atoms with E-state index >= 15 is 0 Å². The highest BCUT2D eigenvalue weighted by atomic mass is 16.6. The first-order valence-corrected chi connectivity index (χ1v) is 7.52. The molecule has 0 aliphatic carbocycles. The zero-order valence-corrected chi connectivity index (χ0v) is 12.9. The predicted octanol–water partition coefficient (Wildman–Crippen LogP) is 3.01. The van der Waals surface area contributed by atoms with Gasteiger partial charge in [-0.05, 0) is 18.6 Å². The van der Waals surface area contributed by atoms with Gasteiger partial charge in [-0.2, -0.15) is 0 Å². The molecule has 1 atom stereocenters. The van der Waals surface area contributed by atoms with Crippen molar-refractivity contribution in [3.8, 4) is 17.1 Å². The van der Waals surface area contributed by atoms with Crippen LogP contribution in [-0.2, 0) is 17.8 Å². The lowest BCUT2D eigenvalue weighted by atomic mass is 10.1. The van der Waals surface area contributed by atoms with Crippen LogP contribution in [0.25, 0.3) is 11.3 Å². The van der Waals surface area contributed by atoms with Gasteiger partial charge in [0.05, 0.1) is 6.20 Å². The summed E-state index contributed by atoms with van der Waals surface area (Å²) in [6.45, 7) is 2.02. The third-order valence-electron chi connectivity index (χ3n) is 3.74. The molecule has 24 heavy (non-hydrogen) atoms. The summed E-state index contributed by atoms with van der Waals surface area (Å²) in [4.78, 5) is 11.7. The van der Waals surface area contributed by atoms with E-state index in [-0.39, 0.29) is 18.5 Å². The van der Waals surface area contributed by atoms with Crippen LogP contribution >= 0.6 is 0 Å². The van der Waals surface area contributed by atoms with Gasteiger partial charge in [0.1, 0.15) is 24.2 Å². The summed E-state index contributed by atoms with van der Waals surface area (Å²) in [5, 5.41) is 7.37. The topological polar surface area (TPSA) is 87.6 Å². The van der Waals surface area contributed by atoms with Crippen LogP contribution in [0.5, 0.6) is 5.75 Å². The highest BCUT2D eigenvalue weighted by Crippen LogP contribution is 2.33. The van der Waals surface area contributed by atoms with Gasteiger partial charge in [-0.3, -0.25) is 0 Å². The van der Waals surface area contributed by atoms with Crippen molar-refractivity contribution < 1.29 is 23.3 Å². The van der Waals surface area contributed by atoms with E-state index in [4.69, 9.17) is 18.5 Å². The normalized spacial score (nSPS) is 15.8. The van der Waals surface area contributed by atoms with E-state index in [0.29, 0.717) is 11.5 Å². The maximum atomic E-state index is 11.7. The highest BCUT2D eigenvalue weighted by molar-refractivity contribution is 5.85. The summed E-state index contributed by atoms with van der Waals surface area (Å²) in [6, 6.07) is 9.09. The zero-order valence-electron chi connectivity index (χ0n) is 12.9. The van der Waals surface area contributed by atoms with Gasteiger partial charge in [0, 0.05) is 24.1 Å². The Morgan fingerprint density at radius 1 is 1.29 bits per heavy atom. The van der Waals surface area contributed by atoms with Crippen LogP contribution in [0.2, 0.25) is 0 Å². The Balaban J connectivity index is 1.45. The molecule has 3 heterocycles.